The van der Waals surface area contributed by atoms with Gasteiger partial charge in [-0.2, -0.15) is 0 Å². The lowest BCUT2D eigenvalue weighted by molar-refractivity contribution is -0.122. The van der Waals surface area contributed by atoms with Gasteiger partial charge in [-0.25, -0.2) is 0 Å². The van der Waals surface area contributed by atoms with E-state index in [1.807, 2.05) is 24.3 Å². The summed E-state index contributed by atoms with van der Waals surface area (Å²) in [6.07, 6.45) is 4.24. The zero-order valence-electron chi connectivity index (χ0n) is 10.2. The van der Waals surface area contributed by atoms with E-state index >= 15 is 0 Å². The number of hydrogen-bond acceptors (Lipinski definition) is 2. The van der Waals surface area contributed by atoms with Crippen LogP contribution in [0.2, 0.25) is 0 Å². The molecule has 3 rings (SSSR count). The molecule has 1 aromatic carbocycles. The molecular formula is C15H18O2. The summed E-state index contributed by atoms with van der Waals surface area (Å²) in [6.45, 7) is 0. The Hall–Kier alpha value is -1.31. The van der Waals surface area contributed by atoms with Gasteiger partial charge in [0.05, 0.1) is 7.11 Å². The van der Waals surface area contributed by atoms with Crippen LogP contribution in [0.4, 0.5) is 0 Å². The average molecular weight is 230 g/mol. The first-order chi connectivity index (χ1) is 8.26. The van der Waals surface area contributed by atoms with Crippen molar-refractivity contribution in [3.05, 3.63) is 29.8 Å². The minimum absolute atomic E-state index is 0.338. The second kappa shape index (κ2) is 4.17. The number of fused-ring (bicyclic) bond motifs is 1. The van der Waals surface area contributed by atoms with Gasteiger partial charge in [-0.3, -0.25) is 4.79 Å². The van der Waals surface area contributed by atoms with E-state index in [0.717, 1.165) is 36.0 Å². The number of carbonyl (C=O) groups excluding carboxylic acids is 1. The van der Waals surface area contributed by atoms with Crippen LogP contribution in [0.3, 0.4) is 0 Å². The molecule has 2 saturated carbocycles. The predicted molar refractivity (Wildman–Crippen MR) is 66.0 cm³/mol. The molecule has 2 nitrogen and oxygen atoms in total. The second-order valence-corrected chi connectivity index (χ2v) is 5.42. The van der Waals surface area contributed by atoms with Crippen LogP contribution < -0.4 is 4.74 Å². The first-order valence-corrected chi connectivity index (χ1v) is 6.42. The summed E-state index contributed by atoms with van der Waals surface area (Å²) < 4.78 is 5.17. The molecule has 0 amide bonds. The molecule has 0 aromatic heterocycles. The third kappa shape index (κ3) is 2.21. The maximum absolute atomic E-state index is 12.1. The molecule has 2 heteroatoms. The summed E-state index contributed by atoms with van der Waals surface area (Å²) in [4.78, 5) is 12.1. The highest BCUT2D eigenvalue weighted by atomic mass is 16.5. The highest BCUT2D eigenvalue weighted by Gasteiger charge is 2.47. The van der Waals surface area contributed by atoms with Gasteiger partial charge in [0.15, 0.2) is 0 Å². The minimum atomic E-state index is 0.338. The van der Waals surface area contributed by atoms with Gasteiger partial charge in [-0.15, -0.1) is 0 Å². The van der Waals surface area contributed by atoms with Gasteiger partial charge in [-0.05, 0) is 48.8 Å². The summed E-state index contributed by atoms with van der Waals surface area (Å²) in [5.41, 5.74) is 1.08. The predicted octanol–water partition coefficient (Wildman–Crippen LogP) is 2.85. The smallest absolute Gasteiger partial charge is 0.140 e. The van der Waals surface area contributed by atoms with E-state index in [9.17, 15) is 4.79 Å². The molecule has 17 heavy (non-hydrogen) atoms. The highest BCUT2D eigenvalue weighted by molar-refractivity contribution is 5.83. The van der Waals surface area contributed by atoms with E-state index in [-0.39, 0.29) is 0 Å². The molecule has 2 unspecified atom stereocenters. The van der Waals surface area contributed by atoms with E-state index in [1.165, 1.54) is 6.42 Å². The molecule has 2 atom stereocenters. The number of hydrogen-bond donors (Lipinski definition) is 0. The maximum atomic E-state index is 12.1. The lowest BCUT2D eigenvalue weighted by Gasteiger charge is -2.10. The van der Waals surface area contributed by atoms with Crippen molar-refractivity contribution in [2.24, 2.45) is 17.8 Å². The number of ether oxygens (including phenoxy) is 1. The van der Waals surface area contributed by atoms with Gasteiger partial charge in [-0.1, -0.05) is 12.1 Å². The Labute approximate surface area is 102 Å². The van der Waals surface area contributed by atoms with Crippen molar-refractivity contribution in [1.29, 1.82) is 0 Å². The van der Waals surface area contributed by atoms with Crippen molar-refractivity contribution in [2.45, 2.75) is 25.7 Å². The molecule has 0 aliphatic heterocycles. The number of ketones is 1. The Balaban J connectivity index is 1.63. The van der Waals surface area contributed by atoms with Gasteiger partial charge < -0.3 is 4.74 Å². The van der Waals surface area contributed by atoms with Crippen molar-refractivity contribution >= 4 is 5.78 Å². The van der Waals surface area contributed by atoms with Crippen LogP contribution in [0.1, 0.15) is 24.8 Å². The number of rotatable bonds is 4. The van der Waals surface area contributed by atoms with Crippen molar-refractivity contribution in [3.63, 3.8) is 0 Å². The summed E-state index contributed by atoms with van der Waals surface area (Å²) in [6, 6.07) is 7.84. The second-order valence-electron chi connectivity index (χ2n) is 5.42. The van der Waals surface area contributed by atoms with Crippen molar-refractivity contribution in [3.8, 4) is 5.75 Å². The molecule has 2 aliphatic rings. The van der Waals surface area contributed by atoms with Crippen molar-refractivity contribution in [1.82, 2.24) is 0 Å². The SMILES string of the molecule is COc1cccc(CC(=O)C2CC3CC3C2)c1. The molecule has 0 saturated heterocycles. The van der Waals surface area contributed by atoms with Crippen molar-refractivity contribution in [2.75, 3.05) is 7.11 Å². The van der Waals surface area contributed by atoms with Gasteiger partial charge in [0.2, 0.25) is 0 Å². The summed E-state index contributed by atoms with van der Waals surface area (Å²) in [5, 5.41) is 0. The summed E-state index contributed by atoms with van der Waals surface area (Å²) >= 11 is 0. The topological polar surface area (TPSA) is 26.3 Å². The number of Topliss-reactive ketones (excluding diaryl/α,β-unsaturated/α-hetero) is 1. The number of carbonyl (C=O) groups is 1. The fourth-order valence-corrected chi connectivity index (χ4v) is 3.11. The van der Waals surface area contributed by atoms with Gasteiger partial charge in [0, 0.05) is 12.3 Å². The lowest BCUT2D eigenvalue weighted by atomic mass is 9.94. The number of methoxy groups -OCH3 is 1. The fraction of sp³-hybridized carbons (Fsp3) is 0.533. The normalized spacial score (nSPS) is 29.8. The van der Waals surface area contributed by atoms with E-state index < -0.39 is 0 Å². The summed E-state index contributed by atoms with van der Waals surface area (Å²) in [5.74, 6) is 3.36. The van der Waals surface area contributed by atoms with Crippen LogP contribution in [0.25, 0.3) is 0 Å². The molecule has 1 aromatic rings. The van der Waals surface area contributed by atoms with Gasteiger partial charge >= 0.3 is 0 Å². The van der Waals surface area contributed by atoms with Gasteiger partial charge in [0.25, 0.3) is 0 Å². The lowest BCUT2D eigenvalue weighted by Crippen LogP contribution is -2.15. The third-order valence-corrected chi connectivity index (χ3v) is 4.21. The van der Waals surface area contributed by atoms with Gasteiger partial charge in [0.1, 0.15) is 11.5 Å². The molecule has 2 aliphatic carbocycles. The molecule has 2 fully saturated rings. The number of benzene rings is 1. The maximum Gasteiger partial charge on any atom is 0.140 e. The monoisotopic (exact) mass is 230 g/mol. The largest absolute Gasteiger partial charge is 0.497 e. The van der Waals surface area contributed by atoms with Crippen LogP contribution in [0.5, 0.6) is 5.75 Å². The standard InChI is InChI=1S/C15H18O2/c1-17-14-4-2-3-10(5-14)6-15(16)13-8-11-7-12(11)9-13/h2-5,11-13H,6-9H2,1H3. The van der Waals surface area contributed by atoms with Crippen LogP contribution in [-0.2, 0) is 11.2 Å². The van der Waals surface area contributed by atoms with E-state index in [1.54, 1.807) is 7.11 Å². The Kier molecular flexibility index (Phi) is 2.65. The average Bonchev–Trinajstić information content (AvgIpc) is 2.96. The molecule has 0 radical (unpaired) electrons. The van der Waals surface area contributed by atoms with Crippen LogP contribution in [0, 0.1) is 17.8 Å². The Bertz CT molecular complexity index is 428. The first-order valence-electron chi connectivity index (χ1n) is 6.42. The Morgan fingerprint density at radius 3 is 2.76 bits per heavy atom. The third-order valence-electron chi connectivity index (χ3n) is 4.21. The van der Waals surface area contributed by atoms with E-state index in [0.29, 0.717) is 18.1 Å². The molecule has 0 bridgehead atoms. The van der Waals surface area contributed by atoms with E-state index in [4.69, 9.17) is 4.74 Å². The zero-order chi connectivity index (χ0) is 11.8. The first kappa shape index (κ1) is 10.8. The highest BCUT2D eigenvalue weighted by Crippen LogP contribution is 2.54. The fourth-order valence-electron chi connectivity index (χ4n) is 3.11. The van der Waals surface area contributed by atoms with Crippen LogP contribution >= 0.6 is 0 Å². The molecule has 0 spiro atoms. The molecular weight excluding hydrogens is 212 g/mol. The zero-order valence-corrected chi connectivity index (χ0v) is 10.2. The van der Waals surface area contributed by atoms with Crippen LogP contribution in [0.15, 0.2) is 24.3 Å². The Morgan fingerprint density at radius 2 is 2.06 bits per heavy atom. The van der Waals surface area contributed by atoms with Crippen LogP contribution in [-0.4, -0.2) is 12.9 Å². The Morgan fingerprint density at radius 1 is 1.29 bits per heavy atom. The quantitative estimate of drug-likeness (QED) is 0.795. The summed E-state index contributed by atoms with van der Waals surface area (Å²) in [7, 11) is 1.66. The van der Waals surface area contributed by atoms with Crippen molar-refractivity contribution < 1.29 is 9.53 Å². The molecule has 0 N–H and O–H groups in total. The molecule has 90 valence electrons. The van der Waals surface area contributed by atoms with E-state index in [2.05, 4.69) is 0 Å². The molecule has 0 heterocycles. The minimum Gasteiger partial charge on any atom is -0.497 e.